The number of nitrogen functional groups attached to an aromatic ring is 1. The fraction of sp³-hybridized carbons (Fsp3) is 0.400. The van der Waals surface area contributed by atoms with Crippen LogP contribution in [0.4, 0.5) is 21.5 Å². The Balaban J connectivity index is 1.46. The lowest BCUT2D eigenvalue weighted by molar-refractivity contribution is -0.116. The molecule has 0 spiro atoms. The highest BCUT2D eigenvalue weighted by atomic mass is 32.2. The highest BCUT2D eigenvalue weighted by Gasteiger charge is 2.36. The molecule has 0 bridgehead atoms. The number of unbranched alkanes of at least 4 members (excludes halogenated alkanes) is 2. The number of para-hydroxylation sites is 3. The van der Waals surface area contributed by atoms with E-state index in [-0.39, 0.29) is 66.2 Å². The summed E-state index contributed by atoms with van der Waals surface area (Å²) in [7, 11) is -2.63. The predicted molar refractivity (Wildman–Crippen MR) is 185 cm³/mol. The number of aliphatic hydroxyl groups is 1. The van der Waals surface area contributed by atoms with Crippen LogP contribution in [0.25, 0.3) is 0 Å². The Hall–Kier alpha value is -4.53. The van der Waals surface area contributed by atoms with Crippen molar-refractivity contribution in [1.82, 2.24) is 9.21 Å². The minimum Gasteiger partial charge on any atom is -0.486 e. The van der Waals surface area contributed by atoms with Gasteiger partial charge in [-0.3, -0.25) is 14.4 Å². The Morgan fingerprint density at radius 1 is 1.00 bits per heavy atom. The van der Waals surface area contributed by atoms with E-state index < -0.39 is 39.8 Å². The van der Waals surface area contributed by atoms with Crippen LogP contribution < -0.4 is 21.1 Å². The van der Waals surface area contributed by atoms with Gasteiger partial charge in [-0.15, -0.1) is 0 Å². The van der Waals surface area contributed by atoms with E-state index in [1.807, 2.05) is 6.92 Å². The van der Waals surface area contributed by atoms with Crippen molar-refractivity contribution in [2.75, 3.05) is 43.1 Å². The second kappa shape index (κ2) is 16.7. The average Bonchev–Trinajstić information content (AvgIpc) is 3.07. The van der Waals surface area contributed by atoms with Gasteiger partial charge in [0, 0.05) is 32.4 Å². The third kappa shape index (κ3) is 9.55. The molecular weight excluding hydrogens is 653 g/mol. The van der Waals surface area contributed by atoms with E-state index in [2.05, 4.69) is 10.6 Å². The van der Waals surface area contributed by atoms with Crippen molar-refractivity contribution in [2.24, 2.45) is 5.92 Å². The lowest BCUT2D eigenvalue weighted by Crippen LogP contribution is -2.50. The molecule has 264 valence electrons. The van der Waals surface area contributed by atoms with Gasteiger partial charge in [-0.25, -0.2) is 12.8 Å². The van der Waals surface area contributed by atoms with Crippen LogP contribution in [0.1, 0.15) is 56.3 Å². The second-order valence-electron chi connectivity index (χ2n) is 12.3. The number of hydrogen-bond donors (Lipinski definition) is 4. The first-order valence-electron chi connectivity index (χ1n) is 16.2. The summed E-state index contributed by atoms with van der Waals surface area (Å²) in [5, 5.41) is 15.6. The molecule has 0 saturated heterocycles. The lowest BCUT2D eigenvalue weighted by atomic mass is 9.99. The monoisotopic (exact) mass is 697 g/mol. The minimum absolute atomic E-state index is 0.0875. The summed E-state index contributed by atoms with van der Waals surface area (Å²) < 4.78 is 47.7. The number of fused-ring (bicyclic) bond motifs is 1. The predicted octanol–water partition coefficient (Wildman–Crippen LogP) is 4.48. The van der Waals surface area contributed by atoms with Gasteiger partial charge in [0.1, 0.15) is 11.9 Å². The number of sulfonamides is 1. The molecule has 1 aliphatic heterocycles. The van der Waals surface area contributed by atoms with E-state index in [9.17, 15) is 32.3 Å². The number of aliphatic hydroxyl groups excluding tert-OH is 1. The molecule has 3 aromatic rings. The van der Waals surface area contributed by atoms with Gasteiger partial charge < -0.3 is 31.1 Å². The van der Waals surface area contributed by atoms with Crippen LogP contribution in [0, 0.1) is 11.7 Å². The number of nitrogens with one attached hydrogen (secondary N) is 2. The van der Waals surface area contributed by atoms with Crippen molar-refractivity contribution in [1.29, 1.82) is 0 Å². The van der Waals surface area contributed by atoms with Crippen LogP contribution in [-0.2, 0) is 19.6 Å². The van der Waals surface area contributed by atoms with Crippen molar-refractivity contribution in [2.45, 2.75) is 63.0 Å². The van der Waals surface area contributed by atoms with Gasteiger partial charge in [-0.2, -0.15) is 4.31 Å². The van der Waals surface area contributed by atoms with Crippen molar-refractivity contribution in [3.05, 3.63) is 78.1 Å². The number of halogens is 1. The maximum absolute atomic E-state index is 13.8. The van der Waals surface area contributed by atoms with Gasteiger partial charge in [-0.1, -0.05) is 31.5 Å². The van der Waals surface area contributed by atoms with Crippen LogP contribution in [-0.4, -0.2) is 79.3 Å². The summed E-state index contributed by atoms with van der Waals surface area (Å²) in [6.07, 6.45) is 1.33. The SMILES string of the molecule is C[C@@H]1CN([C@@H](C)CO)C(=O)c2cccc(NC(=O)CCCCCC(=O)Nc3ccccc3N)c2O[C@H]1CN(C)S(=O)(=O)c1ccc(F)cc1. The lowest BCUT2D eigenvalue weighted by Gasteiger charge is -2.38. The molecule has 4 rings (SSSR count). The summed E-state index contributed by atoms with van der Waals surface area (Å²) in [6, 6.07) is 15.7. The van der Waals surface area contributed by atoms with E-state index in [1.165, 1.54) is 24.1 Å². The summed E-state index contributed by atoms with van der Waals surface area (Å²) in [5.41, 5.74) is 7.31. The third-order valence-electron chi connectivity index (χ3n) is 8.47. The van der Waals surface area contributed by atoms with Gasteiger partial charge in [0.05, 0.1) is 46.7 Å². The number of hydrogen-bond acceptors (Lipinski definition) is 8. The molecule has 0 unspecified atom stereocenters. The third-order valence-corrected chi connectivity index (χ3v) is 10.3. The van der Waals surface area contributed by atoms with Crippen molar-refractivity contribution < 1.29 is 37.0 Å². The molecule has 3 amide bonds. The van der Waals surface area contributed by atoms with Crippen molar-refractivity contribution in [3.63, 3.8) is 0 Å². The molecule has 0 saturated carbocycles. The Labute approximate surface area is 286 Å². The molecule has 0 aromatic heterocycles. The van der Waals surface area contributed by atoms with E-state index in [0.29, 0.717) is 30.6 Å². The highest BCUT2D eigenvalue weighted by molar-refractivity contribution is 7.89. The zero-order chi connectivity index (χ0) is 35.7. The van der Waals surface area contributed by atoms with Crippen LogP contribution in [0.5, 0.6) is 5.75 Å². The highest BCUT2D eigenvalue weighted by Crippen LogP contribution is 2.35. The number of likely N-dealkylation sites (N-methyl/N-ethyl adjacent to an activating group) is 1. The summed E-state index contributed by atoms with van der Waals surface area (Å²) in [6.45, 7) is 3.27. The molecule has 3 aromatic carbocycles. The number of nitrogens with two attached hydrogens (primary N) is 1. The molecule has 5 N–H and O–H groups in total. The quantitative estimate of drug-likeness (QED) is 0.141. The van der Waals surface area contributed by atoms with E-state index in [1.54, 1.807) is 49.4 Å². The summed E-state index contributed by atoms with van der Waals surface area (Å²) in [4.78, 5) is 40.5. The number of rotatable bonds is 14. The normalized spacial score (nSPS) is 17.0. The number of carbonyl (C=O) groups is 3. The largest absolute Gasteiger partial charge is 0.486 e. The Kier molecular flexibility index (Phi) is 12.7. The number of nitrogens with zero attached hydrogens (tertiary/aromatic N) is 2. The van der Waals surface area contributed by atoms with Crippen molar-refractivity contribution in [3.8, 4) is 5.75 Å². The number of carbonyl (C=O) groups excluding carboxylic acids is 3. The maximum atomic E-state index is 13.8. The zero-order valence-corrected chi connectivity index (χ0v) is 28.7. The van der Waals surface area contributed by atoms with Crippen molar-refractivity contribution >= 4 is 44.8 Å². The molecule has 1 heterocycles. The molecule has 3 atom stereocenters. The Morgan fingerprint density at radius 2 is 1.61 bits per heavy atom. The average molecular weight is 698 g/mol. The standard InChI is InChI=1S/C35H44FN5O7S/c1-23-20-41(24(2)22-42)35(45)27-10-9-13-30(34(27)48-31(23)21-40(3)49(46,47)26-18-16-25(36)17-19-26)39-33(44)15-6-4-5-14-32(43)38-29-12-8-7-11-28(29)37/h7-13,16-19,23-24,31,42H,4-6,14-15,20-22,37H2,1-3H3,(H,38,43)(H,39,44)/t23-,24+,31+/m1/s1. The fourth-order valence-electron chi connectivity index (χ4n) is 5.48. The van der Waals surface area contributed by atoms with Crippen LogP contribution in [0.15, 0.2) is 71.6 Å². The van der Waals surface area contributed by atoms with Crippen LogP contribution >= 0.6 is 0 Å². The first-order valence-corrected chi connectivity index (χ1v) is 17.6. The smallest absolute Gasteiger partial charge is 0.258 e. The number of benzene rings is 3. The van der Waals surface area contributed by atoms with Gasteiger partial charge in [0.15, 0.2) is 5.75 Å². The van der Waals surface area contributed by atoms with E-state index in [4.69, 9.17) is 10.5 Å². The fourth-order valence-corrected chi connectivity index (χ4v) is 6.66. The molecule has 1 aliphatic rings. The molecule has 14 heteroatoms. The number of ether oxygens (including phenoxy) is 1. The second-order valence-corrected chi connectivity index (χ2v) is 14.3. The molecule has 0 aliphatic carbocycles. The van der Waals surface area contributed by atoms with Gasteiger partial charge >= 0.3 is 0 Å². The van der Waals surface area contributed by atoms with E-state index in [0.717, 1.165) is 16.4 Å². The zero-order valence-electron chi connectivity index (χ0n) is 27.9. The van der Waals surface area contributed by atoms with Crippen LogP contribution in [0.3, 0.4) is 0 Å². The number of anilines is 3. The minimum atomic E-state index is -4.02. The first-order chi connectivity index (χ1) is 23.3. The maximum Gasteiger partial charge on any atom is 0.258 e. The van der Waals surface area contributed by atoms with Crippen LogP contribution in [0.2, 0.25) is 0 Å². The first kappa shape index (κ1) is 37.3. The molecule has 0 fully saturated rings. The van der Waals surface area contributed by atoms with Gasteiger partial charge in [-0.05, 0) is 68.3 Å². The topological polar surface area (TPSA) is 171 Å². The number of amides is 3. The van der Waals surface area contributed by atoms with E-state index >= 15 is 0 Å². The molecular formula is C35H44FN5O7S. The Bertz CT molecular complexity index is 1740. The Morgan fingerprint density at radius 3 is 2.24 bits per heavy atom. The summed E-state index contributed by atoms with van der Waals surface area (Å²) >= 11 is 0. The van der Waals surface area contributed by atoms with Gasteiger partial charge in [0.25, 0.3) is 5.91 Å². The molecule has 49 heavy (non-hydrogen) atoms. The molecule has 0 radical (unpaired) electrons. The summed E-state index contributed by atoms with van der Waals surface area (Å²) in [5.74, 6) is -1.77. The van der Waals surface area contributed by atoms with Gasteiger partial charge in [0.2, 0.25) is 21.8 Å². The molecule has 12 nitrogen and oxygen atoms in total.